The van der Waals surface area contributed by atoms with E-state index in [1.54, 1.807) is 0 Å². The molecule has 1 unspecified atom stereocenters. The normalized spacial score (nSPS) is 20.5. The zero-order valence-corrected chi connectivity index (χ0v) is 14.6. The van der Waals surface area contributed by atoms with Crippen molar-refractivity contribution in [1.29, 1.82) is 0 Å². The first-order valence-electron chi connectivity index (χ1n) is 8.42. The number of fused-ring (bicyclic) bond motifs is 2. The Labute approximate surface area is 151 Å². The lowest BCUT2D eigenvalue weighted by Crippen LogP contribution is -2.33. The van der Waals surface area contributed by atoms with Gasteiger partial charge >= 0.3 is 0 Å². The molecule has 124 valence electrons. The van der Waals surface area contributed by atoms with Gasteiger partial charge in [0, 0.05) is 12.1 Å². The Bertz CT molecular complexity index is 973. The fraction of sp³-hybridized carbons (Fsp3) is 0.200. The van der Waals surface area contributed by atoms with Crippen molar-refractivity contribution in [1.82, 2.24) is 9.97 Å². The second-order valence-electron chi connectivity index (χ2n) is 6.69. The van der Waals surface area contributed by atoms with Crippen molar-refractivity contribution >= 4 is 28.8 Å². The molecule has 2 aliphatic heterocycles. The first kappa shape index (κ1) is 14.7. The molecule has 0 saturated carbocycles. The lowest BCUT2D eigenvalue weighted by atomic mass is 9.83. The van der Waals surface area contributed by atoms with Crippen molar-refractivity contribution in [3.8, 4) is 0 Å². The molecule has 4 nitrogen and oxygen atoms in total. The predicted molar refractivity (Wildman–Crippen MR) is 101 cm³/mol. The Kier molecular flexibility index (Phi) is 3.06. The number of para-hydroxylation sites is 1. The van der Waals surface area contributed by atoms with Crippen LogP contribution < -0.4 is 10.2 Å². The van der Waals surface area contributed by atoms with Gasteiger partial charge in [0.2, 0.25) is 0 Å². The van der Waals surface area contributed by atoms with E-state index in [2.05, 4.69) is 69.6 Å². The van der Waals surface area contributed by atoms with Crippen molar-refractivity contribution in [2.45, 2.75) is 18.9 Å². The van der Waals surface area contributed by atoms with Crippen molar-refractivity contribution in [3.05, 3.63) is 76.7 Å². The van der Waals surface area contributed by atoms with Gasteiger partial charge in [-0.25, -0.2) is 9.97 Å². The quantitative estimate of drug-likeness (QED) is 0.657. The molecule has 0 amide bonds. The van der Waals surface area contributed by atoms with Gasteiger partial charge in [-0.1, -0.05) is 60.1 Å². The summed E-state index contributed by atoms with van der Waals surface area (Å²) in [6.45, 7) is 3.10. The molecule has 0 saturated heterocycles. The van der Waals surface area contributed by atoms with Gasteiger partial charge in [0.1, 0.15) is 12.0 Å². The van der Waals surface area contributed by atoms with Gasteiger partial charge in [-0.2, -0.15) is 0 Å². The number of nitrogens with one attached hydrogen (secondary N) is 1. The molecule has 2 aromatic carbocycles. The van der Waals surface area contributed by atoms with E-state index in [9.17, 15) is 0 Å². The summed E-state index contributed by atoms with van der Waals surface area (Å²) in [4.78, 5) is 11.0. The number of hydrogen-bond acceptors (Lipinski definition) is 4. The number of halogens is 1. The zero-order chi connectivity index (χ0) is 17.0. The number of rotatable bonds is 1. The molecule has 1 atom stereocenters. The molecular weight excluding hydrogens is 332 g/mol. The summed E-state index contributed by atoms with van der Waals surface area (Å²) in [5, 5.41) is 4.12. The molecule has 5 rings (SSSR count). The minimum Gasteiger partial charge on any atom is -0.366 e. The third-order valence-corrected chi connectivity index (χ3v) is 5.58. The lowest BCUT2D eigenvalue weighted by molar-refractivity contribution is 0.664. The highest BCUT2D eigenvalue weighted by molar-refractivity contribution is 6.32. The summed E-state index contributed by atoms with van der Waals surface area (Å²) in [5.41, 5.74) is 5.39. The number of aromatic nitrogens is 2. The lowest BCUT2D eigenvalue weighted by Gasteiger charge is -2.33. The third-order valence-electron chi connectivity index (χ3n) is 5.30. The topological polar surface area (TPSA) is 41.1 Å². The fourth-order valence-electron chi connectivity index (χ4n) is 4.06. The van der Waals surface area contributed by atoms with E-state index in [1.165, 1.54) is 28.7 Å². The second-order valence-corrected chi connectivity index (χ2v) is 7.05. The molecule has 25 heavy (non-hydrogen) atoms. The molecule has 2 aliphatic rings. The molecule has 1 N–H and O–H groups in total. The summed E-state index contributed by atoms with van der Waals surface area (Å²) < 4.78 is 0. The Balaban J connectivity index is 1.86. The predicted octanol–water partition coefficient (Wildman–Crippen LogP) is 4.51. The second kappa shape index (κ2) is 5.20. The van der Waals surface area contributed by atoms with E-state index in [0.717, 1.165) is 24.5 Å². The minimum atomic E-state index is -0.422. The minimum absolute atomic E-state index is 0.422. The van der Waals surface area contributed by atoms with Crippen molar-refractivity contribution < 1.29 is 0 Å². The van der Waals surface area contributed by atoms with E-state index in [1.807, 2.05) is 6.07 Å². The van der Waals surface area contributed by atoms with Crippen molar-refractivity contribution in [2.75, 3.05) is 16.8 Å². The van der Waals surface area contributed by atoms with Crippen LogP contribution in [0.1, 0.15) is 23.6 Å². The number of anilines is 3. The maximum atomic E-state index is 6.47. The average Bonchev–Trinajstić information content (AvgIpc) is 3.03. The Morgan fingerprint density at radius 2 is 1.92 bits per heavy atom. The summed E-state index contributed by atoms with van der Waals surface area (Å²) >= 11 is 6.47. The number of nitrogens with zero attached hydrogens (tertiary/aromatic N) is 3. The molecule has 0 spiro atoms. The van der Waals surface area contributed by atoms with Crippen LogP contribution in [0.15, 0.2) is 54.9 Å². The van der Waals surface area contributed by atoms with Crippen LogP contribution >= 0.6 is 11.6 Å². The fourth-order valence-corrected chi connectivity index (χ4v) is 4.23. The van der Waals surface area contributed by atoms with Crippen LogP contribution in [0.3, 0.4) is 0 Å². The molecule has 0 aliphatic carbocycles. The van der Waals surface area contributed by atoms with Gasteiger partial charge < -0.3 is 10.2 Å². The maximum Gasteiger partial charge on any atom is 0.161 e. The molecule has 3 aromatic rings. The van der Waals surface area contributed by atoms with Gasteiger partial charge in [-0.15, -0.1) is 0 Å². The molecule has 0 bridgehead atoms. The highest BCUT2D eigenvalue weighted by atomic mass is 35.5. The Morgan fingerprint density at radius 3 is 2.76 bits per heavy atom. The van der Waals surface area contributed by atoms with Gasteiger partial charge in [0.25, 0.3) is 0 Å². The van der Waals surface area contributed by atoms with Crippen molar-refractivity contribution in [3.63, 3.8) is 0 Å². The molecule has 3 heterocycles. The van der Waals surface area contributed by atoms with Crippen LogP contribution in [0.25, 0.3) is 0 Å². The smallest absolute Gasteiger partial charge is 0.161 e. The van der Waals surface area contributed by atoms with Crippen LogP contribution in [0, 0.1) is 0 Å². The van der Waals surface area contributed by atoms with Crippen molar-refractivity contribution in [2.24, 2.45) is 0 Å². The first-order chi connectivity index (χ1) is 12.2. The summed E-state index contributed by atoms with van der Waals surface area (Å²) in [7, 11) is 0. The molecule has 5 heteroatoms. The largest absolute Gasteiger partial charge is 0.366 e. The SMILES string of the molecule is CC1(c2ccccc2)Nc2c(Cl)ncnc2N2CCc3cccc1c32. The summed E-state index contributed by atoms with van der Waals surface area (Å²) in [6, 6.07) is 17.0. The van der Waals surface area contributed by atoms with Crippen LogP contribution in [-0.2, 0) is 12.0 Å². The monoisotopic (exact) mass is 348 g/mol. The molecule has 0 fully saturated rings. The highest BCUT2D eigenvalue weighted by Gasteiger charge is 2.40. The van der Waals surface area contributed by atoms with E-state index in [-0.39, 0.29) is 0 Å². The molecular formula is C20H17ClN4. The van der Waals surface area contributed by atoms with Gasteiger partial charge in [0.15, 0.2) is 11.0 Å². The summed E-state index contributed by atoms with van der Waals surface area (Å²) in [6.07, 6.45) is 2.55. The van der Waals surface area contributed by atoms with Crippen LogP contribution in [0.4, 0.5) is 17.2 Å². The average molecular weight is 349 g/mol. The van der Waals surface area contributed by atoms with Crippen LogP contribution in [0.5, 0.6) is 0 Å². The number of hydrogen-bond donors (Lipinski definition) is 1. The van der Waals surface area contributed by atoms with Gasteiger partial charge in [-0.05, 0) is 24.5 Å². The first-order valence-corrected chi connectivity index (χ1v) is 8.80. The van der Waals surface area contributed by atoms with E-state index >= 15 is 0 Å². The Morgan fingerprint density at radius 1 is 1.08 bits per heavy atom. The van der Waals surface area contributed by atoms with Gasteiger partial charge in [0.05, 0.1) is 11.2 Å². The molecule has 1 aromatic heterocycles. The van der Waals surface area contributed by atoms with E-state index in [4.69, 9.17) is 11.6 Å². The van der Waals surface area contributed by atoms with E-state index in [0.29, 0.717) is 5.15 Å². The van der Waals surface area contributed by atoms with Crippen LogP contribution in [-0.4, -0.2) is 16.5 Å². The van der Waals surface area contributed by atoms with Gasteiger partial charge in [-0.3, -0.25) is 0 Å². The third kappa shape index (κ3) is 2.01. The Hall–Kier alpha value is -2.59. The highest BCUT2D eigenvalue weighted by Crippen LogP contribution is 2.50. The standard InChI is InChI=1S/C20H17ClN4/c1-20(14-7-3-2-4-8-14)15-9-5-6-13-10-11-25(17(13)15)19-16(24-20)18(21)22-12-23-19/h2-9,12,24H,10-11H2,1H3. The molecule has 0 radical (unpaired) electrons. The summed E-state index contributed by atoms with van der Waals surface area (Å²) in [5.74, 6) is 0.853. The maximum absolute atomic E-state index is 6.47. The number of benzene rings is 2. The van der Waals surface area contributed by atoms with Crippen LogP contribution in [0.2, 0.25) is 5.15 Å². The zero-order valence-electron chi connectivity index (χ0n) is 13.8. The van der Waals surface area contributed by atoms with E-state index < -0.39 is 5.54 Å².